The summed E-state index contributed by atoms with van der Waals surface area (Å²) in [5.41, 5.74) is 1.49. The Hall–Kier alpha value is -3.60. The molecular weight excluding hydrogens is 470 g/mol. The highest BCUT2D eigenvalue weighted by molar-refractivity contribution is 8.18. The minimum absolute atomic E-state index is 0.00507. The molecule has 34 heavy (non-hydrogen) atoms. The number of imide groups is 1. The van der Waals surface area contributed by atoms with Crippen molar-refractivity contribution in [1.29, 1.82) is 0 Å². The molecular formula is C23H20F2N2O6S. The Kier molecular flexibility index (Phi) is 7.31. The van der Waals surface area contributed by atoms with Crippen LogP contribution in [0.2, 0.25) is 0 Å². The second kappa shape index (κ2) is 10.6. The zero-order chi connectivity index (χ0) is 24.1. The van der Waals surface area contributed by atoms with Crippen LogP contribution in [0.1, 0.15) is 17.5 Å². The van der Waals surface area contributed by atoms with Gasteiger partial charge in [0.25, 0.3) is 11.1 Å². The van der Waals surface area contributed by atoms with Crippen LogP contribution in [0.5, 0.6) is 17.2 Å². The van der Waals surface area contributed by atoms with Crippen molar-refractivity contribution in [2.45, 2.75) is 19.5 Å². The molecule has 8 nitrogen and oxygen atoms in total. The number of fused-ring (bicyclic) bond motifs is 1. The third-order valence-corrected chi connectivity index (χ3v) is 5.92. The molecule has 0 atom stereocenters. The van der Waals surface area contributed by atoms with Crippen molar-refractivity contribution in [3.63, 3.8) is 0 Å². The molecule has 1 fully saturated rings. The summed E-state index contributed by atoms with van der Waals surface area (Å²) in [4.78, 5) is 38.2. The molecule has 2 aliphatic heterocycles. The lowest BCUT2D eigenvalue weighted by molar-refractivity contribution is -0.124. The van der Waals surface area contributed by atoms with E-state index in [4.69, 9.17) is 9.47 Å². The first-order valence-corrected chi connectivity index (χ1v) is 11.2. The maximum absolute atomic E-state index is 12.6. The lowest BCUT2D eigenvalue weighted by atomic mass is 10.1. The second-order valence-corrected chi connectivity index (χ2v) is 8.31. The monoisotopic (exact) mass is 490 g/mol. The normalized spacial score (nSPS) is 16.0. The van der Waals surface area contributed by atoms with Crippen LogP contribution >= 0.6 is 11.8 Å². The summed E-state index contributed by atoms with van der Waals surface area (Å²) >= 11 is 0.780. The molecule has 2 heterocycles. The number of amides is 3. The molecule has 1 saturated heterocycles. The van der Waals surface area contributed by atoms with Gasteiger partial charge in [0.05, 0.1) is 4.91 Å². The summed E-state index contributed by atoms with van der Waals surface area (Å²) in [7, 11) is 0. The van der Waals surface area contributed by atoms with Gasteiger partial charge in [-0.15, -0.1) is 0 Å². The molecule has 0 saturated carbocycles. The van der Waals surface area contributed by atoms with E-state index in [-0.39, 0.29) is 42.9 Å². The van der Waals surface area contributed by atoms with Crippen molar-refractivity contribution in [2.24, 2.45) is 0 Å². The van der Waals surface area contributed by atoms with Crippen LogP contribution in [-0.4, -0.2) is 48.4 Å². The first-order chi connectivity index (χ1) is 16.4. The number of thioether (sulfide) groups is 1. The Morgan fingerprint density at radius 2 is 1.91 bits per heavy atom. The fraction of sp³-hybridized carbons (Fsp3) is 0.261. The maximum Gasteiger partial charge on any atom is 0.387 e. The largest absolute Gasteiger partial charge is 0.454 e. The Bertz CT molecular complexity index is 1120. The Labute approximate surface area is 197 Å². The van der Waals surface area contributed by atoms with Crippen LogP contribution in [0, 0.1) is 0 Å². The summed E-state index contributed by atoms with van der Waals surface area (Å²) in [5.74, 6) is 0.651. The first-order valence-electron chi connectivity index (χ1n) is 10.3. The van der Waals surface area contributed by atoms with Crippen LogP contribution in [0.3, 0.4) is 0 Å². The third kappa shape index (κ3) is 5.84. The fourth-order valence-electron chi connectivity index (χ4n) is 3.34. The van der Waals surface area contributed by atoms with Crippen molar-refractivity contribution in [1.82, 2.24) is 10.2 Å². The van der Waals surface area contributed by atoms with Gasteiger partial charge in [-0.3, -0.25) is 19.3 Å². The molecule has 0 bridgehead atoms. The van der Waals surface area contributed by atoms with Crippen LogP contribution in [0.25, 0.3) is 6.08 Å². The number of hydrogen-bond acceptors (Lipinski definition) is 7. The van der Waals surface area contributed by atoms with Crippen molar-refractivity contribution < 1.29 is 37.4 Å². The second-order valence-electron chi connectivity index (χ2n) is 7.32. The van der Waals surface area contributed by atoms with Gasteiger partial charge < -0.3 is 19.5 Å². The molecule has 1 N–H and O–H groups in total. The van der Waals surface area contributed by atoms with Crippen LogP contribution in [0.4, 0.5) is 13.6 Å². The van der Waals surface area contributed by atoms with E-state index >= 15 is 0 Å². The van der Waals surface area contributed by atoms with E-state index in [1.807, 2.05) is 12.1 Å². The number of carbonyl (C=O) groups is 3. The van der Waals surface area contributed by atoms with E-state index in [9.17, 15) is 23.2 Å². The van der Waals surface area contributed by atoms with E-state index in [0.29, 0.717) is 23.5 Å². The lowest BCUT2D eigenvalue weighted by Crippen LogP contribution is -2.37. The molecule has 0 radical (unpaired) electrons. The fourth-order valence-corrected chi connectivity index (χ4v) is 4.20. The van der Waals surface area contributed by atoms with Gasteiger partial charge in [0, 0.05) is 19.5 Å². The van der Waals surface area contributed by atoms with Crippen LogP contribution in [0.15, 0.2) is 47.4 Å². The molecule has 2 aromatic rings. The minimum Gasteiger partial charge on any atom is -0.454 e. The molecule has 2 aromatic carbocycles. The number of hydrogen-bond donors (Lipinski definition) is 1. The molecule has 4 rings (SSSR count). The maximum atomic E-state index is 12.6. The SMILES string of the molecule is O=C(CCc1ccc2c(c1)OCO2)NCCN1C(=O)S/C(=C\c2ccc(OC(F)F)cc2)C1=O. The van der Waals surface area contributed by atoms with Crippen LogP contribution in [-0.2, 0) is 16.0 Å². The standard InChI is InChI=1S/C23H20F2N2O6S/c24-22(25)33-16-5-1-15(2-6-16)12-19-21(29)27(23(30)34-19)10-9-26-20(28)8-4-14-3-7-17-18(11-14)32-13-31-17/h1-3,5-7,11-12,22H,4,8-10,13H2,(H,26,28)/b19-12-. The third-order valence-electron chi connectivity index (χ3n) is 5.01. The highest BCUT2D eigenvalue weighted by atomic mass is 32.2. The number of nitrogens with one attached hydrogen (secondary N) is 1. The Morgan fingerprint density at radius 1 is 1.15 bits per heavy atom. The van der Waals surface area contributed by atoms with E-state index in [0.717, 1.165) is 22.2 Å². The lowest BCUT2D eigenvalue weighted by Gasteiger charge is -2.13. The molecule has 0 aromatic heterocycles. The van der Waals surface area contributed by atoms with E-state index < -0.39 is 17.8 Å². The molecule has 3 amide bonds. The van der Waals surface area contributed by atoms with Gasteiger partial charge in [-0.1, -0.05) is 18.2 Å². The minimum atomic E-state index is -2.92. The van der Waals surface area contributed by atoms with Crippen LogP contribution < -0.4 is 19.5 Å². The van der Waals surface area contributed by atoms with Crippen molar-refractivity contribution in [2.75, 3.05) is 19.9 Å². The average molecular weight is 490 g/mol. The number of halogens is 2. The number of alkyl halides is 2. The molecule has 11 heteroatoms. The molecule has 2 aliphatic rings. The number of nitrogens with zero attached hydrogens (tertiary/aromatic N) is 1. The molecule has 178 valence electrons. The van der Waals surface area contributed by atoms with Gasteiger partial charge in [0.15, 0.2) is 11.5 Å². The predicted octanol–water partition coefficient (Wildman–Crippen LogP) is 3.80. The predicted molar refractivity (Wildman–Crippen MR) is 120 cm³/mol. The number of benzene rings is 2. The first kappa shape index (κ1) is 23.6. The summed E-state index contributed by atoms with van der Waals surface area (Å²) in [6.07, 6.45) is 2.25. The van der Waals surface area contributed by atoms with Crippen molar-refractivity contribution >= 4 is 34.9 Å². The van der Waals surface area contributed by atoms with E-state index in [2.05, 4.69) is 10.1 Å². The smallest absolute Gasteiger partial charge is 0.387 e. The van der Waals surface area contributed by atoms with Gasteiger partial charge in [-0.05, 0) is 59.7 Å². The Morgan fingerprint density at radius 3 is 2.68 bits per heavy atom. The number of carbonyl (C=O) groups excluding carboxylic acids is 3. The van der Waals surface area contributed by atoms with Gasteiger partial charge >= 0.3 is 6.61 Å². The quantitative estimate of drug-likeness (QED) is 0.535. The van der Waals surface area contributed by atoms with E-state index in [1.54, 1.807) is 6.07 Å². The summed E-state index contributed by atoms with van der Waals surface area (Å²) in [5, 5.41) is 2.27. The highest BCUT2D eigenvalue weighted by Crippen LogP contribution is 2.33. The molecule has 0 unspecified atom stereocenters. The average Bonchev–Trinajstić information content (AvgIpc) is 3.38. The topological polar surface area (TPSA) is 94.2 Å². The number of aryl methyl sites for hydroxylation is 1. The molecule has 0 spiro atoms. The van der Waals surface area contributed by atoms with E-state index in [1.165, 1.54) is 30.3 Å². The molecule has 0 aliphatic carbocycles. The summed E-state index contributed by atoms with van der Waals surface area (Å²) in [6.45, 7) is -2.57. The number of rotatable bonds is 9. The van der Waals surface area contributed by atoms with Gasteiger partial charge in [-0.2, -0.15) is 8.78 Å². The highest BCUT2D eigenvalue weighted by Gasteiger charge is 2.34. The zero-order valence-corrected chi connectivity index (χ0v) is 18.6. The summed E-state index contributed by atoms with van der Waals surface area (Å²) < 4.78 is 39.3. The van der Waals surface area contributed by atoms with Gasteiger partial charge in [0.1, 0.15) is 5.75 Å². The summed E-state index contributed by atoms with van der Waals surface area (Å²) in [6, 6.07) is 11.2. The van der Waals surface area contributed by atoms with Gasteiger partial charge in [-0.25, -0.2) is 0 Å². The van der Waals surface area contributed by atoms with Crippen molar-refractivity contribution in [3.8, 4) is 17.2 Å². The van der Waals surface area contributed by atoms with Crippen molar-refractivity contribution in [3.05, 3.63) is 58.5 Å². The van der Waals surface area contributed by atoms with Gasteiger partial charge in [0.2, 0.25) is 12.7 Å². The zero-order valence-electron chi connectivity index (χ0n) is 17.8. The Balaban J connectivity index is 1.24. The number of ether oxygens (including phenoxy) is 3.